The average molecular weight is 726 g/mol. The number of benzene rings is 2. The monoisotopic (exact) mass is 724 g/mol. The van der Waals surface area contributed by atoms with Crippen LogP contribution >= 0.6 is 0 Å². The van der Waals surface area contributed by atoms with Crippen LogP contribution in [0, 0.1) is 0 Å². The molecular weight excluding hydrogens is 663 g/mol. The maximum absolute atomic E-state index is 4.67. The second-order valence-electron chi connectivity index (χ2n) is 14.5. The standard InChI is InChI=1S/C40H62N4.2ClH.Fe/c1-26(2)32-21-35(28(5)6)39(36(22-32)29(7)8)42-17-19-44(25-34-15-13-14-16-41-34)20-18-43-40-37(30(9)10)23-33(27(3)4)24-38(40)31(11)12;;;/h13-16,21-24,26-31,42-43H,17-20,25H2,1-12H3;2*1H;/q;;;+2/p-2. The van der Waals surface area contributed by atoms with Gasteiger partial charge in [0.2, 0.25) is 0 Å². The van der Waals surface area contributed by atoms with E-state index in [-0.39, 0.29) is 41.9 Å². The summed E-state index contributed by atoms with van der Waals surface area (Å²) in [5.41, 5.74) is 12.4. The zero-order valence-electron chi connectivity index (χ0n) is 31.1. The fourth-order valence-electron chi connectivity index (χ4n) is 5.99. The Bertz CT molecular complexity index is 1180. The van der Waals surface area contributed by atoms with Crippen molar-refractivity contribution < 1.29 is 41.9 Å². The summed E-state index contributed by atoms with van der Waals surface area (Å²) >= 11 is 0. The van der Waals surface area contributed by atoms with Gasteiger partial charge >= 0.3 is 17.1 Å². The zero-order chi connectivity index (χ0) is 32.6. The molecule has 0 atom stereocenters. The van der Waals surface area contributed by atoms with Crippen LogP contribution in [-0.4, -0.2) is 36.1 Å². The summed E-state index contributed by atoms with van der Waals surface area (Å²) in [4.78, 5) is 7.21. The maximum atomic E-state index is 4.67. The zero-order valence-corrected chi connectivity index (χ0v) is 33.7. The Morgan fingerprint density at radius 1 is 0.553 bits per heavy atom. The number of rotatable bonds is 16. The molecule has 0 aliphatic heterocycles. The van der Waals surface area contributed by atoms with Gasteiger partial charge in [-0.25, -0.2) is 0 Å². The van der Waals surface area contributed by atoms with Gasteiger partial charge in [-0.2, -0.15) is 0 Å². The predicted molar refractivity (Wildman–Crippen MR) is 194 cm³/mol. The van der Waals surface area contributed by atoms with Crippen LogP contribution in [0.4, 0.5) is 11.4 Å². The number of anilines is 2. The molecule has 0 aliphatic rings. The number of aromatic nitrogens is 1. The van der Waals surface area contributed by atoms with E-state index in [1.165, 1.54) is 44.8 Å². The van der Waals surface area contributed by atoms with Crippen molar-refractivity contribution in [2.75, 3.05) is 36.8 Å². The molecule has 1 heterocycles. The third-order valence-corrected chi connectivity index (χ3v) is 8.84. The van der Waals surface area contributed by atoms with E-state index in [9.17, 15) is 0 Å². The average Bonchev–Trinajstić information content (AvgIpc) is 2.96. The number of hydrogen-bond acceptors (Lipinski definition) is 4. The first kappa shape index (κ1) is 45.2. The molecule has 0 fully saturated rings. The second-order valence-corrected chi connectivity index (χ2v) is 14.5. The van der Waals surface area contributed by atoms with Gasteiger partial charge < -0.3 is 35.4 Å². The largest absolute Gasteiger partial charge is 2.00 e. The van der Waals surface area contributed by atoms with Crippen molar-refractivity contribution in [1.82, 2.24) is 9.88 Å². The van der Waals surface area contributed by atoms with Crippen LogP contribution in [0.5, 0.6) is 0 Å². The Balaban J connectivity index is 0.00000705. The van der Waals surface area contributed by atoms with Crippen molar-refractivity contribution in [1.29, 1.82) is 0 Å². The SMILES string of the molecule is CC(C)c1cc(C(C)C)c(NCCN(CCNc2c(C(C)C)cc(C(C)C)cc2C(C)C)Cc2ccccn2)c(C(C)C)c1.[Cl-].[Cl-].[Fe+2]. The van der Waals surface area contributed by atoms with Crippen LogP contribution in [-0.2, 0) is 23.6 Å². The summed E-state index contributed by atoms with van der Waals surface area (Å²) in [5, 5.41) is 7.83. The van der Waals surface area contributed by atoms with Gasteiger partial charge in [0.05, 0.1) is 5.69 Å². The molecule has 0 spiro atoms. The molecule has 3 aromatic rings. The first-order valence-corrected chi connectivity index (χ1v) is 17.2. The first-order valence-electron chi connectivity index (χ1n) is 17.2. The molecular formula is C40H62Cl2FeN4. The van der Waals surface area contributed by atoms with Gasteiger partial charge in [-0.3, -0.25) is 9.88 Å². The van der Waals surface area contributed by atoms with Crippen molar-refractivity contribution in [3.8, 4) is 0 Å². The van der Waals surface area contributed by atoms with Crippen molar-refractivity contribution in [2.45, 2.75) is 125 Å². The molecule has 47 heavy (non-hydrogen) atoms. The van der Waals surface area contributed by atoms with Gasteiger partial charge in [-0.15, -0.1) is 0 Å². The van der Waals surface area contributed by atoms with Gasteiger partial charge in [0, 0.05) is 50.3 Å². The minimum atomic E-state index is 0. The summed E-state index contributed by atoms with van der Waals surface area (Å²) in [5.74, 6) is 2.92. The molecule has 0 unspecified atom stereocenters. The summed E-state index contributed by atoms with van der Waals surface area (Å²) in [6, 6.07) is 16.0. The van der Waals surface area contributed by atoms with Crippen molar-refractivity contribution >= 4 is 11.4 Å². The van der Waals surface area contributed by atoms with Gasteiger partial charge in [0.15, 0.2) is 0 Å². The molecule has 264 valence electrons. The topological polar surface area (TPSA) is 40.2 Å². The Kier molecular flexibility index (Phi) is 20.6. The van der Waals surface area contributed by atoms with Crippen molar-refractivity contribution in [3.05, 3.63) is 87.7 Å². The maximum Gasteiger partial charge on any atom is 2.00 e. The molecule has 0 saturated carbocycles. The van der Waals surface area contributed by atoms with E-state index in [4.69, 9.17) is 0 Å². The fourth-order valence-corrected chi connectivity index (χ4v) is 5.99. The second kappa shape index (κ2) is 21.4. The van der Waals surface area contributed by atoms with Crippen LogP contribution in [0.25, 0.3) is 0 Å². The van der Waals surface area contributed by atoms with E-state index >= 15 is 0 Å². The molecule has 0 radical (unpaired) electrons. The van der Waals surface area contributed by atoms with Gasteiger partial charge in [-0.05, 0) is 81.0 Å². The van der Waals surface area contributed by atoms with Crippen LogP contribution in [0.2, 0.25) is 0 Å². The van der Waals surface area contributed by atoms with E-state index in [0.29, 0.717) is 35.5 Å². The minimum absolute atomic E-state index is 0. The summed E-state index contributed by atoms with van der Waals surface area (Å²) < 4.78 is 0. The van der Waals surface area contributed by atoms with Crippen LogP contribution < -0.4 is 35.4 Å². The Labute approximate surface area is 311 Å². The number of hydrogen-bond donors (Lipinski definition) is 2. The molecule has 0 amide bonds. The van der Waals surface area contributed by atoms with E-state index in [2.05, 4.69) is 140 Å². The van der Waals surface area contributed by atoms with Gasteiger partial charge in [-0.1, -0.05) is 113 Å². The Hall–Kier alpha value is -1.75. The third kappa shape index (κ3) is 12.9. The minimum Gasteiger partial charge on any atom is -1.00 e. The quantitative estimate of drug-likeness (QED) is 0.208. The molecule has 3 rings (SSSR count). The molecule has 0 aliphatic carbocycles. The summed E-state index contributed by atoms with van der Waals surface area (Å²) in [6.07, 6.45) is 1.91. The Morgan fingerprint density at radius 2 is 0.915 bits per heavy atom. The molecule has 0 bridgehead atoms. The van der Waals surface area contributed by atoms with E-state index in [0.717, 1.165) is 38.4 Å². The summed E-state index contributed by atoms with van der Waals surface area (Å²) in [7, 11) is 0. The van der Waals surface area contributed by atoms with Crippen molar-refractivity contribution in [2.24, 2.45) is 0 Å². The van der Waals surface area contributed by atoms with Crippen molar-refractivity contribution in [3.63, 3.8) is 0 Å². The fraction of sp³-hybridized carbons (Fsp3) is 0.575. The molecule has 2 N–H and O–H groups in total. The number of nitrogens with one attached hydrogen (secondary N) is 2. The Morgan fingerprint density at radius 3 is 1.19 bits per heavy atom. The van der Waals surface area contributed by atoms with Gasteiger partial charge in [0.1, 0.15) is 0 Å². The first-order chi connectivity index (χ1) is 20.8. The van der Waals surface area contributed by atoms with E-state index < -0.39 is 0 Å². The van der Waals surface area contributed by atoms with Gasteiger partial charge in [0.25, 0.3) is 0 Å². The van der Waals surface area contributed by atoms with Crippen LogP contribution in [0.15, 0.2) is 48.7 Å². The third-order valence-electron chi connectivity index (χ3n) is 8.84. The molecule has 7 heteroatoms. The molecule has 1 aromatic heterocycles. The molecule has 0 saturated heterocycles. The van der Waals surface area contributed by atoms with E-state index in [1.54, 1.807) is 0 Å². The molecule has 4 nitrogen and oxygen atoms in total. The summed E-state index contributed by atoms with van der Waals surface area (Å²) in [6.45, 7) is 32.3. The smallest absolute Gasteiger partial charge is 1.00 e. The number of pyridine rings is 1. The predicted octanol–water partition coefficient (Wildman–Crippen LogP) is 4.85. The molecule has 2 aromatic carbocycles. The number of nitrogens with zero attached hydrogens (tertiary/aromatic N) is 2. The van der Waals surface area contributed by atoms with Crippen LogP contribution in [0.3, 0.4) is 0 Å². The number of halogens is 2. The van der Waals surface area contributed by atoms with E-state index in [1.807, 2.05) is 12.3 Å². The normalized spacial score (nSPS) is 11.4. The van der Waals surface area contributed by atoms with Crippen LogP contribution in [0.1, 0.15) is 158 Å².